The maximum atomic E-state index is 10.5. The molecule has 0 aliphatic rings. The molecule has 0 N–H and O–H groups in total. The van der Waals surface area contributed by atoms with E-state index in [1.807, 2.05) is 6.07 Å². The van der Waals surface area contributed by atoms with Gasteiger partial charge in [-0.3, -0.25) is 4.79 Å². The van der Waals surface area contributed by atoms with Crippen molar-refractivity contribution in [2.45, 2.75) is 0 Å². The summed E-state index contributed by atoms with van der Waals surface area (Å²) in [5.74, 6) is 0.346. The minimum atomic E-state index is 0.346. The Labute approximate surface area is 83.8 Å². The van der Waals surface area contributed by atoms with Gasteiger partial charge in [0.1, 0.15) is 0 Å². The monoisotopic (exact) mass is 212 g/mol. The van der Waals surface area contributed by atoms with Crippen LogP contribution in [0.1, 0.15) is 10.6 Å². The van der Waals surface area contributed by atoms with E-state index >= 15 is 0 Å². The Morgan fingerprint density at radius 1 is 1.38 bits per heavy atom. The van der Waals surface area contributed by atoms with Gasteiger partial charge in [0, 0.05) is 10.4 Å². The Balaban J connectivity index is 2.51. The number of furan rings is 1. The second-order valence-corrected chi connectivity index (χ2v) is 4.14. The molecule has 0 amide bonds. The van der Waals surface area contributed by atoms with E-state index in [4.69, 9.17) is 16.0 Å². The third-order valence-electron chi connectivity index (χ3n) is 1.64. The summed E-state index contributed by atoms with van der Waals surface area (Å²) >= 11 is 7.19. The van der Waals surface area contributed by atoms with Gasteiger partial charge in [-0.1, -0.05) is 11.6 Å². The fourth-order valence-corrected chi connectivity index (χ4v) is 2.15. The summed E-state index contributed by atoms with van der Waals surface area (Å²) in [5.41, 5.74) is 0.798. The molecular weight excluding hydrogens is 208 g/mol. The van der Waals surface area contributed by atoms with E-state index in [9.17, 15) is 4.79 Å². The molecule has 0 aliphatic heterocycles. The summed E-state index contributed by atoms with van der Waals surface area (Å²) in [6.45, 7) is 0. The number of hydrogen-bond donors (Lipinski definition) is 0. The van der Waals surface area contributed by atoms with Crippen LogP contribution in [0.5, 0.6) is 0 Å². The molecule has 2 aromatic heterocycles. The van der Waals surface area contributed by atoms with E-state index in [1.54, 1.807) is 12.1 Å². The van der Waals surface area contributed by atoms with Crippen molar-refractivity contribution < 1.29 is 9.21 Å². The second kappa shape index (κ2) is 3.36. The Morgan fingerprint density at radius 2 is 2.23 bits per heavy atom. The molecule has 0 atom stereocenters. The van der Waals surface area contributed by atoms with Crippen molar-refractivity contribution in [1.82, 2.24) is 0 Å². The molecule has 0 aliphatic carbocycles. The van der Waals surface area contributed by atoms with Crippen LogP contribution in [0.4, 0.5) is 0 Å². The van der Waals surface area contributed by atoms with Crippen molar-refractivity contribution in [1.29, 1.82) is 0 Å². The van der Waals surface area contributed by atoms with Gasteiger partial charge in [0.2, 0.25) is 0 Å². The highest BCUT2D eigenvalue weighted by atomic mass is 35.5. The zero-order valence-electron chi connectivity index (χ0n) is 6.49. The van der Waals surface area contributed by atoms with Crippen LogP contribution in [0.25, 0.3) is 10.4 Å². The molecule has 2 heterocycles. The first-order chi connectivity index (χ1) is 6.31. The normalized spacial score (nSPS) is 10.2. The smallest absolute Gasteiger partial charge is 0.185 e. The molecule has 2 aromatic rings. The van der Waals surface area contributed by atoms with E-state index in [2.05, 4.69) is 0 Å². The van der Waals surface area contributed by atoms with Crippen molar-refractivity contribution in [3.8, 4) is 10.4 Å². The predicted octanol–water partition coefficient (Wildman–Crippen LogP) is 3.47. The molecule has 2 rings (SSSR count). The fourth-order valence-electron chi connectivity index (χ4n) is 1.07. The Kier molecular flexibility index (Phi) is 2.20. The van der Waals surface area contributed by atoms with E-state index < -0.39 is 0 Å². The van der Waals surface area contributed by atoms with Crippen molar-refractivity contribution in [2.75, 3.05) is 0 Å². The minimum absolute atomic E-state index is 0.346. The van der Waals surface area contributed by atoms with Crippen molar-refractivity contribution in [2.24, 2.45) is 0 Å². The average Bonchev–Trinajstić information content (AvgIpc) is 2.71. The Hall–Kier alpha value is -1.06. The third kappa shape index (κ3) is 1.53. The summed E-state index contributed by atoms with van der Waals surface area (Å²) < 4.78 is 5.67. The highest BCUT2D eigenvalue weighted by Gasteiger charge is 2.09. The van der Waals surface area contributed by atoms with Crippen LogP contribution in [-0.2, 0) is 0 Å². The van der Waals surface area contributed by atoms with Gasteiger partial charge in [0.05, 0.1) is 10.6 Å². The number of hydrogen-bond acceptors (Lipinski definition) is 3. The first kappa shape index (κ1) is 8.53. The topological polar surface area (TPSA) is 30.2 Å². The lowest BCUT2D eigenvalue weighted by Crippen LogP contribution is -1.76. The zero-order chi connectivity index (χ0) is 9.26. The fraction of sp³-hybridized carbons (Fsp3) is 0. The molecule has 2 nitrogen and oxygen atoms in total. The van der Waals surface area contributed by atoms with E-state index in [0.29, 0.717) is 16.4 Å². The number of thiophene rings is 1. The van der Waals surface area contributed by atoms with Gasteiger partial charge in [-0.25, -0.2) is 0 Å². The molecule has 66 valence electrons. The molecule has 0 saturated heterocycles. The van der Waals surface area contributed by atoms with Gasteiger partial charge in [0.25, 0.3) is 0 Å². The lowest BCUT2D eigenvalue weighted by Gasteiger charge is -1.89. The van der Waals surface area contributed by atoms with Gasteiger partial charge in [-0.2, -0.15) is 0 Å². The Morgan fingerprint density at radius 3 is 2.85 bits per heavy atom. The van der Waals surface area contributed by atoms with Crippen molar-refractivity contribution in [3.05, 3.63) is 34.6 Å². The molecule has 0 saturated carbocycles. The zero-order valence-corrected chi connectivity index (χ0v) is 8.06. The highest BCUT2D eigenvalue weighted by molar-refractivity contribution is 7.19. The number of halogens is 1. The van der Waals surface area contributed by atoms with Crippen LogP contribution in [0.2, 0.25) is 4.34 Å². The lowest BCUT2D eigenvalue weighted by molar-refractivity contribution is 0.110. The number of carbonyl (C=O) groups is 1. The summed E-state index contributed by atoms with van der Waals surface area (Å²) in [6.07, 6.45) is 2.19. The molecule has 0 radical (unpaired) electrons. The molecule has 13 heavy (non-hydrogen) atoms. The molecular formula is C9H5ClO2S. The second-order valence-electron chi connectivity index (χ2n) is 2.42. The minimum Gasteiger partial charge on any atom is -0.461 e. The highest BCUT2D eigenvalue weighted by Crippen LogP contribution is 2.32. The summed E-state index contributed by atoms with van der Waals surface area (Å²) in [4.78, 5) is 11.5. The Bertz CT molecular complexity index is 430. The SMILES string of the molecule is O=Cc1occc1-c1ccc(Cl)s1. The predicted molar refractivity (Wildman–Crippen MR) is 52.4 cm³/mol. The number of rotatable bonds is 2. The van der Waals surface area contributed by atoms with Crippen molar-refractivity contribution >= 4 is 29.2 Å². The maximum absolute atomic E-state index is 10.5. The molecule has 0 spiro atoms. The van der Waals surface area contributed by atoms with Crippen LogP contribution >= 0.6 is 22.9 Å². The molecule has 4 heteroatoms. The van der Waals surface area contributed by atoms with Gasteiger partial charge in [-0.15, -0.1) is 11.3 Å². The largest absolute Gasteiger partial charge is 0.461 e. The van der Waals surface area contributed by atoms with Crippen molar-refractivity contribution in [3.63, 3.8) is 0 Å². The third-order valence-corrected chi connectivity index (χ3v) is 2.91. The van der Waals surface area contributed by atoms with Crippen LogP contribution in [0, 0.1) is 0 Å². The van der Waals surface area contributed by atoms with Gasteiger partial charge in [0.15, 0.2) is 12.0 Å². The first-order valence-electron chi connectivity index (χ1n) is 3.59. The van der Waals surface area contributed by atoms with E-state index in [1.165, 1.54) is 17.6 Å². The van der Waals surface area contributed by atoms with E-state index in [0.717, 1.165) is 10.4 Å². The quantitative estimate of drug-likeness (QED) is 0.714. The van der Waals surface area contributed by atoms with Crippen LogP contribution in [0.3, 0.4) is 0 Å². The number of carbonyl (C=O) groups excluding carboxylic acids is 1. The summed E-state index contributed by atoms with van der Waals surface area (Å²) in [7, 11) is 0. The van der Waals surface area contributed by atoms with Crippen LogP contribution < -0.4 is 0 Å². The summed E-state index contributed by atoms with van der Waals surface area (Å²) in [5, 5.41) is 0. The van der Waals surface area contributed by atoms with E-state index in [-0.39, 0.29) is 0 Å². The molecule has 0 bridgehead atoms. The van der Waals surface area contributed by atoms with Gasteiger partial charge < -0.3 is 4.42 Å². The van der Waals surface area contributed by atoms with Crippen LogP contribution in [-0.4, -0.2) is 6.29 Å². The maximum Gasteiger partial charge on any atom is 0.185 e. The standard InChI is InChI=1S/C9H5ClO2S/c10-9-2-1-8(13-9)6-3-4-12-7(6)5-11/h1-5H. The molecule has 0 unspecified atom stereocenters. The molecule has 0 fully saturated rings. The van der Waals surface area contributed by atoms with Gasteiger partial charge in [-0.05, 0) is 18.2 Å². The first-order valence-corrected chi connectivity index (χ1v) is 4.79. The lowest BCUT2D eigenvalue weighted by atomic mass is 10.2. The average molecular weight is 213 g/mol. The summed E-state index contributed by atoms with van der Waals surface area (Å²) in [6, 6.07) is 5.42. The van der Waals surface area contributed by atoms with Gasteiger partial charge >= 0.3 is 0 Å². The number of aldehydes is 1. The molecule has 0 aromatic carbocycles. The van der Waals surface area contributed by atoms with Crippen LogP contribution in [0.15, 0.2) is 28.9 Å².